The van der Waals surface area contributed by atoms with Gasteiger partial charge in [-0.05, 0) is 46.5 Å². The third kappa shape index (κ3) is 3.09. The van der Waals surface area contributed by atoms with Crippen LogP contribution in [0.4, 0.5) is 0 Å². The van der Waals surface area contributed by atoms with Crippen molar-refractivity contribution < 1.29 is 23.9 Å². The van der Waals surface area contributed by atoms with Gasteiger partial charge in [-0.2, -0.15) is 0 Å². The van der Waals surface area contributed by atoms with Crippen LogP contribution in [0, 0.1) is 11.8 Å². The highest BCUT2D eigenvalue weighted by Gasteiger charge is 2.57. The molecule has 3 atom stereocenters. The van der Waals surface area contributed by atoms with E-state index < -0.39 is 29.7 Å². The number of likely N-dealkylation sites (tertiary alicyclic amines) is 1. The molecule has 1 heterocycles. The van der Waals surface area contributed by atoms with Gasteiger partial charge in [0.25, 0.3) is 0 Å². The second-order valence-corrected chi connectivity index (χ2v) is 6.79. The predicted molar refractivity (Wildman–Crippen MR) is 81.0 cm³/mol. The van der Waals surface area contributed by atoms with Crippen molar-refractivity contribution in [3.63, 3.8) is 0 Å². The summed E-state index contributed by atoms with van der Waals surface area (Å²) in [6, 6.07) is -1.36. The van der Waals surface area contributed by atoms with Gasteiger partial charge in [-0.15, -0.1) is 0 Å². The molecule has 0 spiro atoms. The van der Waals surface area contributed by atoms with Gasteiger partial charge < -0.3 is 9.64 Å². The summed E-state index contributed by atoms with van der Waals surface area (Å²) in [7, 11) is 1.21. The number of methoxy groups -OCH3 is 1. The van der Waals surface area contributed by atoms with Crippen LogP contribution >= 0.6 is 0 Å². The molecule has 0 aromatic heterocycles. The van der Waals surface area contributed by atoms with Gasteiger partial charge in [-0.3, -0.25) is 19.3 Å². The highest BCUT2D eigenvalue weighted by atomic mass is 16.5. The lowest BCUT2D eigenvalue weighted by molar-refractivity contribution is -0.168. The smallest absolute Gasteiger partial charge is 0.329 e. The summed E-state index contributed by atoms with van der Waals surface area (Å²) in [5, 5.41) is 0. The molecule has 0 N–H and O–H groups in total. The SMILES string of the molecule is COC(=O)C1C[C@@H]2C[C@@H]2C(=O)N1C(=O)C(=O)N(C(C)C)C(C)C. The van der Waals surface area contributed by atoms with Crippen molar-refractivity contribution in [2.75, 3.05) is 7.11 Å². The fraction of sp³-hybridized carbons (Fsp3) is 0.750. The Morgan fingerprint density at radius 2 is 1.70 bits per heavy atom. The van der Waals surface area contributed by atoms with Gasteiger partial charge in [0, 0.05) is 18.0 Å². The molecule has 2 fully saturated rings. The van der Waals surface area contributed by atoms with E-state index >= 15 is 0 Å². The number of hydrogen-bond acceptors (Lipinski definition) is 5. The molecule has 1 saturated heterocycles. The number of ether oxygens (including phenoxy) is 1. The molecule has 0 aromatic carbocycles. The molecule has 1 aliphatic heterocycles. The zero-order valence-corrected chi connectivity index (χ0v) is 14.2. The number of piperidine rings is 1. The van der Waals surface area contributed by atoms with E-state index in [0.717, 1.165) is 4.90 Å². The van der Waals surface area contributed by atoms with Crippen LogP contribution in [0.5, 0.6) is 0 Å². The van der Waals surface area contributed by atoms with Crippen LogP contribution in [0.3, 0.4) is 0 Å². The van der Waals surface area contributed by atoms with Crippen molar-refractivity contribution in [3.8, 4) is 0 Å². The highest BCUT2D eigenvalue weighted by molar-refractivity contribution is 6.38. The van der Waals surface area contributed by atoms with Gasteiger partial charge >= 0.3 is 17.8 Å². The second kappa shape index (κ2) is 6.29. The molecule has 2 aliphatic rings. The maximum atomic E-state index is 12.7. The van der Waals surface area contributed by atoms with Gasteiger partial charge in [0.15, 0.2) is 0 Å². The third-order valence-electron chi connectivity index (χ3n) is 4.54. The minimum Gasteiger partial charge on any atom is -0.467 e. The maximum absolute atomic E-state index is 12.7. The molecule has 1 saturated carbocycles. The molecule has 0 bridgehead atoms. The van der Waals surface area contributed by atoms with E-state index in [-0.39, 0.29) is 23.9 Å². The summed E-state index contributed by atoms with van der Waals surface area (Å²) in [5.74, 6) is -2.88. The van der Waals surface area contributed by atoms with Gasteiger partial charge in [0.1, 0.15) is 6.04 Å². The van der Waals surface area contributed by atoms with Crippen molar-refractivity contribution in [2.24, 2.45) is 11.8 Å². The molecule has 1 aliphatic carbocycles. The molecule has 3 amide bonds. The fourth-order valence-electron chi connectivity index (χ4n) is 3.39. The Balaban J connectivity index is 2.28. The lowest BCUT2D eigenvalue weighted by Gasteiger charge is -2.35. The van der Waals surface area contributed by atoms with Crippen LogP contribution in [-0.2, 0) is 23.9 Å². The summed E-state index contributed by atoms with van der Waals surface area (Å²) in [4.78, 5) is 51.9. The summed E-state index contributed by atoms with van der Waals surface area (Å²) in [6.45, 7) is 7.21. The van der Waals surface area contributed by atoms with Crippen molar-refractivity contribution in [3.05, 3.63) is 0 Å². The standard InChI is InChI=1S/C16H24N2O5/c1-8(2)17(9(3)4)14(20)15(21)18-12(16(22)23-5)7-10-6-11(10)13(18)19/h8-12H,6-7H2,1-5H3/t10-,11-,12?/m0/s1. The normalized spacial score (nSPS) is 26.1. The van der Waals surface area contributed by atoms with Crippen molar-refractivity contribution in [1.82, 2.24) is 9.80 Å². The largest absolute Gasteiger partial charge is 0.467 e. The monoisotopic (exact) mass is 324 g/mol. The average Bonchev–Trinajstić information content (AvgIpc) is 3.24. The van der Waals surface area contributed by atoms with E-state index in [1.165, 1.54) is 12.0 Å². The summed E-state index contributed by atoms with van der Waals surface area (Å²) in [6.07, 6.45) is 1.05. The molecule has 23 heavy (non-hydrogen) atoms. The highest BCUT2D eigenvalue weighted by Crippen LogP contribution is 2.48. The van der Waals surface area contributed by atoms with Crippen molar-refractivity contribution in [1.29, 1.82) is 0 Å². The van der Waals surface area contributed by atoms with Gasteiger partial charge in [-0.1, -0.05) is 0 Å². The lowest BCUT2D eigenvalue weighted by Crippen LogP contribution is -2.58. The molecule has 2 rings (SSSR count). The summed E-state index contributed by atoms with van der Waals surface area (Å²) < 4.78 is 4.71. The Kier molecular flexibility index (Phi) is 4.77. The number of amides is 3. The van der Waals surface area contributed by atoms with Crippen molar-refractivity contribution in [2.45, 2.75) is 58.7 Å². The number of hydrogen-bond donors (Lipinski definition) is 0. The van der Waals surface area contributed by atoms with Crippen LogP contribution in [0.25, 0.3) is 0 Å². The molecular weight excluding hydrogens is 300 g/mol. The number of fused-ring (bicyclic) bond motifs is 1. The van der Waals surface area contributed by atoms with Crippen molar-refractivity contribution >= 4 is 23.7 Å². The number of imide groups is 1. The Hall–Kier alpha value is -1.92. The van der Waals surface area contributed by atoms with Crippen LogP contribution in [0.15, 0.2) is 0 Å². The van der Waals surface area contributed by atoms with E-state index in [2.05, 4.69) is 0 Å². The quantitative estimate of drug-likeness (QED) is 0.560. The van der Waals surface area contributed by atoms with Crippen LogP contribution < -0.4 is 0 Å². The number of esters is 1. The first-order valence-electron chi connectivity index (χ1n) is 7.98. The molecule has 1 unspecified atom stereocenters. The van der Waals surface area contributed by atoms with E-state index in [0.29, 0.717) is 12.8 Å². The molecule has 7 heteroatoms. The number of carbonyl (C=O) groups is 4. The number of carbonyl (C=O) groups excluding carboxylic acids is 4. The first-order chi connectivity index (χ1) is 10.7. The Morgan fingerprint density at radius 1 is 1.13 bits per heavy atom. The molecule has 0 aromatic rings. The predicted octanol–water partition coefficient (Wildman–Crippen LogP) is 0.568. The first-order valence-corrected chi connectivity index (χ1v) is 7.98. The van der Waals surface area contributed by atoms with E-state index in [4.69, 9.17) is 4.74 Å². The van der Waals surface area contributed by atoms with Gasteiger partial charge in [-0.25, -0.2) is 4.79 Å². The molecule has 128 valence electrons. The Labute approximate surface area is 135 Å². The minimum atomic E-state index is -0.992. The minimum absolute atomic E-state index is 0.122. The van der Waals surface area contributed by atoms with Gasteiger partial charge in [0.05, 0.1) is 7.11 Å². The first kappa shape index (κ1) is 17.4. The third-order valence-corrected chi connectivity index (χ3v) is 4.54. The maximum Gasteiger partial charge on any atom is 0.329 e. The Morgan fingerprint density at radius 3 is 2.17 bits per heavy atom. The van der Waals surface area contributed by atoms with E-state index in [9.17, 15) is 19.2 Å². The molecule has 0 radical (unpaired) electrons. The zero-order chi connectivity index (χ0) is 17.5. The Bertz CT molecular complexity index is 535. The van der Waals surface area contributed by atoms with Gasteiger partial charge in [0.2, 0.25) is 5.91 Å². The number of nitrogens with zero attached hydrogens (tertiary/aromatic N) is 2. The summed E-state index contributed by atoms with van der Waals surface area (Å²) >= 11 is 0. The van der Waals surface area contributed by atoms with E-state index in [1.807, 2.05) is 0 Å². The van der Waals surface area contributed by atoms with Crippen LogP contribution in [0.2, 0.25) is 0 Å². The molecule has 7 nitrogen and oxygen atoms in total. The summed E-state index contributed by atoms with van der Waals surface area (Å²) in [5.41, 5.74) is 0. The van der Waals surface area contributed by atoms with Crippen LogP contribution in [-0.4, -0.2) is 58.7 Å². The second-order valence-electron chi connectivity index (χ2n) is 6.79. The number of rotatable bonds is 3. The topological polar surface area (TPSA) is 84.0 Å². The fourth-order valence-corrected chi connectivity index (χ4v) is 3.39. The average molecular weight is 324 g/mol. The lowest BCUT2D eigenvalue weighted by atomic mass is 10.0. The van der Waals surface area contributed by atoms with E-state index in [1.54, 1.807) is 27.7 Å². The molecular formula is C16H24N2O5. The van der Waals surface area contributed by atoms with Crippen LogP contribution in [0.1, 0.15) is 40.5 Å². The zero-order valence-electron chi connectivity index (χ0n) is 14.2.